The predicted octanol–water partition coefficient (Wildman–Crippen LogP) is 5.36. The van der Waals surface area contributed by atoms with Gasteiger partial charge in [-0.2, -0.15) is 0 Å². The minimum atomic E-state index is -0.595. The van der Waals surface area contributed by atoms with Crippen LogP contribution < -0.4 is 9.47 Å². The quantitative estimate of drug-likeness (QED) is 0.456. The Balaban J connectivity index is 1.88. The lowest BCUT2D eigenvalue weighted by Gasteiger charge is -2.13. The van der Waals surface area contributed by atoms with E-state index in [4.69, 9.17) is 9.47 Å². The molecule has 0 aromatic heterocycles. The zero-order valence-electron chi connectivity index (χ0n) is 16.4. The van der Waals surface area contributed by atoms with Gasteiger partial charge < -0.3 is 9.47 Å². The summed E-state index contributed by atoms with van der Waals surface area (Å²) in [6.07, 6.45) is 0. The van der Waals surface area contributed by atoms with E-state index in [1.54, 1.807) is 36.4 Å². The van der Waals surface area contributed by atoms with E-state index in [2.05, 4.69) is 0 Å². The van der Waals surface area contributed by atoms with E-state index < -0.39 is 11.9 Å². The van der Waals surface area contributed by atoms with Crippen LogP contribution in [0.3, 0.4) is 0 Å². The first-order valence-electron chi connectivity index (χ1n) is 9.04. The SMILES string of the molecule is Cc1cccc(OC(=O)c2ccccc2C(=O)Oc2cccc(C)c2C)c1C. The zero-order valence-corrected chi connectivity index (χ0v) is 16.4. The van der Waals surface area contributed by atoms with Crippen LogP contribution in [0.25, 0.3) is 0 Å². The van der Waals surface area contributed by atoms with E-state index in [0.717, 1.165) is 22.3 Å². The van der Waals surface area contributed by atoms with Crippen LogP contribution in [-0.4, -0.2) is 11.9 Å². The van der Waals surface area contributed by atoms with Gasteiger partial charge in [0.1, 0.15) is 11.5 Å². The highest BCUT2D eigenvalue weighted by Crippen LogP contribution is 2.24. The van der Waals surface area contributed by atoms with Gasteiger partial charge in [-0.05, 0) is 74.2 Å². The predicted molar refractivity (Wildman–Crippen MR) is 108 cm³/mol. The van der Waals surface area contributed by atoms with Gasteiger partial charge >= 0.3 is 11.9 Å². The molecule has 0 N–H and O–H groups in total. The maximum absolute atomic E-state index is 12.7. The largest absolute Gasteiger partial charge is 0.423 e. The van der Waals surface area contributed by atoms with Crippen LogP contribution in [0.1, 0.15) is 43.0 Å². The van der Waals surface area contributed by atoms with Gasteiger partial charge in [0.2, 0.25) is 0 Å². The van der Waals surface area contributed by atoms with E-state index in [0.29, 0.717) is 11.5 Å². The van der Waals surface area contributed by atoms with Crippen LogP contribution in [0.15, 0.2) is 60.7 Å². The van der Waals surface area contributed by atoms with E-state index in [-0.39, 0.29) is 11.1 Å². The van der Waals surface area contributed by atoms with Crippen molar-refractivity contribution in [2.45, 2.75) is 27.7 Å². The maximum Gasteiger partial charge on any atom is 0.344 e. The van der Waals surface area contributed by atoms with Crippen molar-refractivity contribution in [1.82, 2.24) is 0 Å². The highest BCUT2D eigenvalue weighted by atomic mass is 16.5. The third kappa shape index (κ3) is 3.96. The molecule has 0 amide bonds. The minimum absolute atomic E-state index is 0.165. The molecule has 0 aliphatic carbocycles. The fourth-order valence-corrected chi connectivity index (χ4v) is 2.82. The third-order valence-electron chi connectivity index (χ3n) is 4.88. The average molecular weight is 374 g/mol. The summed E-state index contributed by atoms with van der Waals surface area (Å²) in [4.78, 5) is 25.5. The number of esters is 2. The van der Waals surface area contributed by atoms with Crippen molar-refractivity contribution < 1.29 is 19.1 Å². The molecule has 28 heavy (non-hydrogen) atoms. The number of aryl methyl sites for hydroxylation is 2. The molecular formula is C24H22O4. The van der Waals surface area contributed by atoms with Crippen LogP contribution in [0.5, 0.6) is 11.5 Å². The monoisotopic (exact) mass is 374 g/mol. The van der Waals surface area contributed by atoms with Crippen molar-refractivity contribution in [2.75, 3.05) is 0 Å². The Morgan fingerprint density at radius 1 is 0.571 bits per heavy atom. The molecule has 142 valence electrons. The molecule has 4 heteroatoms. The molecule has 0 atom stereocenters. The van der Waals surface area contributed by atoms with E-state index in [9.17, 15) is 9.59 Å². The second-order valence-electron chi connectivity index (χ2n) is 6.72. The van der Waals surface area contributed by atoms with E-state index in [1.807, 2.05) is 52.0 Å². The van der Waals surface area contributed by atoms with Crippen LogP contribution >= 0.6 is 0 Å². The van der Waals surface area contributed by atoms with Gasteiger partial charge in [0.15, 0.2) is 0 Å². The van der Waals surface area contributed by atoms with Crippen molar-refractivity contribution in [3.05, 3.63) is 94.0 Å². The molecular weight excluding hydrogens is 352 g/mol. The van der Waals surface area contributed by atoms with Gasteiger partial charge in [0, 0.05) is 0 Å². The Kier molecular flexibility index (Phi) is 5.59. The van der Waals surface area contributed by atoms with Crippen molar-refractivity contribution in [1.29, 1.82) is 0 Å². The third-order valence-corrected chi connectivity index (χ3v) is 4.88. The van der Waals surface area contributed by atoms with Crippen molar-refractivity contribution >= 4 is 11.9 Å². The molecule has 3 rings (SSSR count). The molecule has 3 aromatic rings. The highest BCUT2D eigenvalue weighted by Gasteiger charge is 2.21. The van der Waals surface area contributed by atoms with Gasteiger partial charge in [-0.3, -0.25) is 0 Å². The summed E-state index contributed by atoms with van der Waals surface area (Å²) in [5.41, 5.74) is 4.14. The number of ether oxygens (including phenoxy) is 2. The Morgan fingerprint density at radius 3 is 1.36 bits per heavy atom. The lowest BCUT2D eigenvalue weighted by atomic mass is 10.1. The molecule has 0 spiro atoms. The second-order valence-corrected chi connectivity index (χ2v) is 6.72. The molecule has 3 aromatic carbocycles. The molecule has 0 aliphatic rings. The van der Waals surface area contributed by atoms with Crippen LogP contribution in [-0.2, 0) is 0 Å². The van der Waals surface area contributed by atoms with Crippen LogP contribution in [0.4, 0.5) is 0 Å². The molecule has 4 nitrogen and oxygen atoms in total. The maximum atomic E-state index is 12.7. The van der Waals surface area contributed by atoms with Crippen molar-refractivity contribution in [3.63, 3.8) is 0 Å². The Morgan fingerprint density at radius 2 is 0.964 bits per heavy atom. The number of carbonyl (C=O) groups is 2. The summed E-state index contributed by atoms with van der Waals surface area (Å²) >= 11 is 0. The average Bonchev–Trinajstić information content (AvgIpc) is 2.69. The Labute approximate surface area is 164 Å². The Hall–Kier alpha value is -3.40. The molecule has 0 unspecified atom stereocenters. The molecule has 0 bridgehead atoms. The molecule has 0 saturated carbocycles. The lowest BCUT2D eigenvalue weighted by molar-refractivity contribution is 0.0691. The first-order valence-corrected chi connectivity index (χ1v) is 9.04. The van der Waals surface area contributed by atoms with Crippen LogP contribution in [0, 0.1) is 27.7 Å². The summed E-state index contributed by atoms with van der Waals surface area (Å²) in [5, 5.41) is 0. The van der Waals surface area contributed by atoms with E-state index >= 15 is 0 Å². The Bertz CT molecular complexity index is 966. The summed E-state index contributed by atoms with van der Waals surface area (Å²) in [7, 11) is 0. The fourth-order valence-electron chi connectivity index (χ4n) is 2.82. The number of rotatable bonds is 4. The molecule has 0 radical (unpaired) electrons. The molecule has 0 saturated heterocycles. The lowest BCUT2D eigenvalue weighted by Crippen LogP contribution is -2.18. The van der Waals surface area contributed by atoms with E-state index in [1.165, 1.54) is 0 Å². The molecule has 0 aliphatic heterocycles. The summed E-state index contributed by atoms with van der Waals surface area (Å²) in [5.74, 6) is -0.241. The molecule has 0 heterocycles. The standard InChI is InChI=1S/C24H22O4/c1-15-9-7-13-21(17(15)3)27-23(25)19-11-5-6-12-20(19)24(26)28-22-14-8-10-16(2)18(22)4/h5-14H,1-4H3. The van der Waals surface area contributed by atoms with Gasteiger partial charge in [0.05, 0.1) is 11.1 Å². The molecule has 0 fully saturated rings. The normalized spacial score (nSPS) is 10.4. The van der Waals surface area contributed by atoms with Gasteiger partial charge in [-0.1, -0.05) is 36.4 Å². The highest BCUT2D eigenvalue weighted by molar-refractivity contribution is 6.04. The zero-order chi connectivity index (χ0) is 20.3. The minimum Gasteiger partial charge on any atom is -0.423 e. The van der Waals surface area contributed by atoms with Gasteiger partial charge in [0.25, 0.3) is 0 Å². The second kappa shape index (κ2) is 8.09. The van der Waals surface area contributed by atoms with Gasteiger partial charge in [-0.25, -0.2) is 9.59 Å². The first-order chi connectivity index (χ1) is 13.4. The fraction of sp³-hybridized carbons (Fsp3) is 0.167. The summed E-state index contributed by atoms with van der Waals surface area (Å²) in [6, 6.07) is 17.5. The number of carbonyl (C=O) groups excluding carboxylic acids is 2. The summed E-state index contributed by atoms with van der Waals surface area (Å²) < 4.78 is 11.1. The number of hydrogen-bond acceptors (Lipinski definition) is 4. The number of hydrogen-bond donors (Lipinski definition) is 0. The van der Waals surface area contributed by atoms with Gasteiger partial charge in [-0.15, -0.1) is 0 Å². The first kappa shape index (κ1) is 19.4. The number of benzene rings is 3. The van der Waals surface area contributed by atoms with Crippen molar-refractivity contribution in [3.8, 4) is 11.5 Å². The van der Waals surface area contributed by atoms with Crippen LogP contribution in [0.2, 0.25) is 0 Å². The van der Waals surface area contributed by atoms with Crippen molar-refractivity contribution in [2.24, 2.45) is 0 Å². The summed E-state index contributed by atoms with van der Waals surface area (Å²) in [6.45, 7) is 7.67. The smallest absolute Gasteiger partial charge is 0.344 e. The topological polar surface area (TPSA) is 52.6 Å².